The summed E-state index contributed by atoms with van der Waals surface area (Å²) in [6.45, 7) is 4.66. The van der Waals surface area contributed by atoms with Crippen LogP contribution in [0.4, 0.5) is 5.82 Å². The molecule has 0 radical (unpaired) electrons. The van der Waals surface area contributed by atoms with Gasteiger partial charge in [-0.2, -0.15) is 0 Å². The molecule has 1 aliphatic heterocycles. The molecule has 1 saturated carbocycles. The third kappa shape index (κ3) is 1.93. The van der Waals surface area contributed by atoms with Crippen LogP contribution in [0, 0.1) is 5.41 Å². The number of benzene rings is 1. The van der Waals surface area contributed by atoms with Crippen molar-refractivity contribution in [1.29, 1.82) is 0 Å². The van der Waals surface area contributed by atoms with Crippen LogP contribution in [0.5, 0.6) is 11.5 Å². The maximum atomic E-state index is 6.30. The van der Waals surface area contributed by atoms with Crippen molar-refractivity contribution >= 4 is 28.2 Å². The zero-order valence-electron chi connectivity index (χ0n) is 12.0. The van der Waals surface area contributed by atoms with Gasteiger partial charge in [0, 0.05) is 28.4 Å². The molecule has 0 bridgehead atoms. The average Bonchev–Trinajstić information content (AvgIpc) is 2.92. The zero-order chi connectivity index (χ0) is 14.6. The molecule has 4 nitrogen and oxygen atoms in total. The van der Waals surface area contributed by atoms with Gasteiger partial charge in [0.1, 0.15) is 5.82 Å². The van der Waals surface area contributed by atoms with Gasteiger partial charge >= 0.3 is 0 Å². The summed E-state index contributed by atoms with van der Waals surface area (Å²) in [5.41, 5.74) is 0.0712. The van der Waals surface area contributed by atoms with Crippen LogP contribution in [-0.2, 0) is 0 Å². The lowest BCUT2D eigenvalue weighted by atomic mass is 9.67. The first kappa shape index (κ1) is 13.0. The van der Waals surface area contributed by atoms with Crippen molar-refractivity contribution in [2.75, 3.05) is 12.1 Å². The lowest BCUT2D eigenvalue weighted by Gasteiger charge is -2.49. The Morgan fingerprint density at radius 2 is 2.05 bits per heavy atom. The Bertz CT molecular complexity index is 717. The SMILES string of the molecule is CC1(C)C(Cl)CC1Nc1nccc2cc3c(cc12)OCO3. The monoisotopic (exact) mass is 304 g/mol. The number of hydrogen-bond donors (Lipinski definition) is 1. The van der Waals surface area contributed by atoms with E-state index in [0.717, 1.165) is 34.5 Å². The summed E-state index contributed by atoms with van der Waals surface area (Å²) < 4.78 is 10.9. The molecular formula is C16H17ClN2O2. The molecule has 2 atom stereocenters. The average molecular weight is 305 g/mol. The molecular weight excluding hydrogens is 288 g/mol. The number of pyridine rings is 1. The van der Waals surface area contributed by atoms with E-state index >= 15 is 0 Å². The predicted molar refractivity (Wildman–Crippen MR) is 83.3 cm³/mol. The topological polar surface area (TPSA) is 43.4 Å². The number of nitrogens with one attached hydrogen (secondary N) is 1. The van der Waals surface area contributed by atoms with Crippen LogP contribution in [0.3, 0.4) is 0 Å². The van der Waals surface area contributed by atoms with Crippen molar-refractivity contribution in [3.05, 3.63) is 24.4 Å². The fraction of sp³-hybridized carbons (Fsp3) is 0.438. The molecule has 1 fully saturated rings. The Labute approximate surface area is 128 Å². The van der Waals surface area contributed by atoms with Crippen molar-refractivity contribution in [2.24, 2.45) is 5.41 Å². The Morgan fingerprint density at radius 3 is 2.76 bits per heavy atom. The molecule has 2 unspecified atom stereocenters. The molecule has 5 heteroatoms. The van der Waals surface area contributed by atoms with Gasteiger partial charge in [0.2, 0.25) is 6.79 Å². The summed E-state index contributed by atoms with van der Waals surface area (Å²) in [7, 11) is 0. The first-order valence-electron chi connectivity index (χ1n) is 7.14. The number of ether oxygens (including phenoxy) is 2. The molecule has 2 aromatic rings. The smallest absolute Gasteiger partial charge is 0.231 e. The maximum Gasteiger partial charge on any atom is 0.231 e. The normalized spacial score (nSPS) is 25.7. The van der Waals surface area contributed by atoms with Crippen molar-refractivity contribution < 1.29 is 9.47 Å². The standard InChI is InChI=1S/C16H17ClN2O2/c1-16(2)13(17)7-14(16)19-15-10-6-12-11(20-8-21-12)5-9(10)3-4-18-15/h3-6,13-14H,7-8H2,1-2H3,(H,18,19). The van der Waals surface area contributed by atoms with E-state index in [-0.39, 0.29) is 17.6 Å². The van der Waals surface area contributed by atoms with Gasteiger partial charge in [0.05, 0.1) is 0 Å². The van der Waals surface area contributed by atoms with Crippen molar-refractivity contribution in [2.45, 2.75) is 31.7 Å². The molecule has 1 aliphatic carbocycles. The lowest BCUT2D eigenvalue weighted by Crippen LogP contribution is -2.54. The minimum Gasteiger partial charge on any atom is -0.454 e. The van der Waals surface area contributed by atoms with E-state index in [1.807, 2.05) is 24.4 Å². The molecule has 2 heterocycles. The minimum atomic E-state index is 0.0712. The van der Waals surface area contributed by atoms with Gasteiger partial charge in [-0.15, -0.1) is 11.6 Å². The van der Waals surface area contributed by atoms with Crippen LogP contribution in [0.2, 0.25) is 0 Å². The highest BCUT2D eigenvalue weighted by molar-refractivity contribution is 6.22. The van der Waals surface area contributed by atoms with Crippen LogP contribution in [-0.4, -0.2) is 23.2 Å². The Morgan fingerprint density at radius 1 is 1.29 bits per heavy atom. The molecule has 2 aliphatic rings. The number of rotatable bonds is 2. The van der Waals surface area contributed by atoms with E-state index in [2.05, 4.69) is 24.1 Å². The molecule has 1 N–H and O–H groups in total. The zero-order valence-corrected chi connectivity index (χ0v) is 12.8. The second kappa shape index (κ2) is 4.41. The summed E-state index contributed by atoms with van der Waals surface area (Å²) in [4.78, 5) is 4.49. The largest absolute Gasteiger partial charge is 0.454 e. The Balaban J connectivity index is 1.72. The van der Waals surface area contributed by atoms with E-state index < -0.39 is 0 Å². The summed E-state index contributed by atoms with van der Waals surface area (Å²) in [6.07, 6.45) is 2.77. The van der Waals surface area contributed by atoms with Gasteiger partial charge in [0.25, 0.3) is 0 Å². The third-order valence-corrected chi connectivity index (χ3v) is 5.46. The van der Waals surface area contributed by atoms with Crippen molar-refractivity contribution in [1.82, 2.24) is 4.98 Å². The predicted octanol–water partition coefficient (Wildman–Crippen LogP) is 3.78. The second-order valence-corrected chi connectivity index (χ2v) is 6.83. The van der Waals surface area contributed by atoms with Crippen molar-refractivity contribution in [3.8, 4) is 11.5 Å². The van der Waals surface area contributed by atoms with Crippen LogP contribution < -0.4 is 14.8 Å². The van der Waals surface area contributed by atoms with Crippen LogP contribution in [0.15, 0.2) is 24.4 Å². The van der Waals surface area contributed by atoms with Crippen LogP contribution in [0.1, 0.15) is 20.3 Å². The Kier molecular flexibility index (Phi) is 2.73. The highest BCUT2D eigenvalue weighted by atomic mass is 35.5. The van der Waals surface area contributed by atoms with Gasteiger partial charge in [0.15, 0.2) is 11.5 Å². The van der Waals surface area contributed by atoms with Gasteiger partial charge in [-0.1, -0.05) is 13.8 Å². The molecule has 110 valence electrons. The highest BCUT2D eigenvalue weighted by Gasteiger charge is 2.47. The van der Waals surface area contributed by atoms with E-state index in [1.54, 1.807) is 0 Å². The Hall–Kier alpha value is -1.68. The molecule has 4 rings (SSSR count). The lowest BCUT2D eigenvalue weighted by molar-refractivity contribution is 0.168. The molecule has 0 saturated heterocycles. The van der Waals surface area contributed by atoms with Crippen molar-refractivity contribution in [3.63, 3.8) is 0 Å². The van der Waals surface area contributed by atoms with E-state index in [4.69, 9.17) is 21.1 Å². The molecule has 1 aromatic heterocycles. The van der Waals surface area contributed by atoms with E-state index in [0.29, 0.717) is 6.04 Å². The summed E-state index contributed by atoms with van der Waals surface area (Å²) in [6, 6.07) is 6.32. The minimum absolute atomic E-state index is 0.0712. The highest BCUT2D eigenvalue weighted by Crippen LogP contribution is 2.46. The van der Waals surface area contributed by atoms with Crippen LogP contribution >= 0.6 is 11.6 Å². The summed E-state index contributed by atoms with van der Waals surface area (Å²) >= 11 is 6.30. The van der Waals surface area contributed by atoms with E-state index in [9.17, 15) is 0 Å². The van der Waals surface area contributed by atoms with E-state index in [1.165, 1.54) is 0 Å². The molecule has 21 heavy (non-hydrogen) atoms. The number of alkyl halides is 1. The quantitative estimate of drug-likeness (QED) is 0.858. The van der Waals surface area contributed by atoms with Gasteiger partial charge in [-0.25, -0.2) is 4.98 Å². The van der Waals surface area contributed by atoms with Gasteiger partial charge < -0.3 is 14.8 Å². The van der Waals surface area contributed by atoms with Gasteiger partial charge in [-0.3, -0.25) is 0 Å². The first-order chi connectivity index (χ1) is 10.1. The van der Waals surface area contributed by atoms with Gasteiger partial charge in [-0.05, 0) is 30.0 Å². The summed E-state index contributed by atoms with van der Waals surface area (Å²) in [5, 5.41) is 5.90. The number of hydrogen-bond acceptors (Lipinski definition) is 4. The third-order valence-electron chi connectivity index (χ3n) is 4.72. The fourth-order valence-electron chi connectivity index (χ4n) is 2.96. The molecule has 1 aromatic carbocycles. The fourth-order valence-corrected chi connectivity index (χ4v) is 3.29. The molecule has 0 amide bonds. The second-order valence-electron chi connectivity index (χ2n) is 6.31. The van der Waals surface area contributed by atoms with Crippen LogP contribution in [0.25, 0.3) is 10.8 Å². The number of fused-ring (bicyclic) bond motifs is 2. The number of halogens is 1. The maximum absolute atomic E-state index is 6.30. The molecule has 0 spiro atoms. The number of aromatic nitrogens is 1. The number of nitrogens with zero attached hydrogens (tertiary/aromatic N) is 1. The number of anilines is 1. The summed E-state index contributed by atoms with van der Waals surface area (Å²) in [5.74, 6) is 2.46. The first-order valence-corrected chi connectivity index (χ1v) is 7.58.